The van der Waals surface area contributed by atoms with Crippen LogP contribution in [0.2, 0.25) is 0 Å². The second-order valence-electron chi connectivity index (χ2n) is 0.503. The fourth-order valence-corrected chi connectivity index (χ4v) is 0. The van der Waals surface area contributed by atoms with Gasteiger partial charge in [0.1, 0.15) is 0 Å². The predicted molar refractivity (Wildman–Crippen MR) is 34.9 cm³/mol. The normalized spacial score (nSPS) is 5.50. The number of rotatable bonds is 1. The Balaban J connectivity index is -0.0000000300. The molecule has 4 N–H and O–H groups in total. The average molecular weight is 181 g/mol. The first-order valence-electron chi connectivity index (χ1n) is 1.34. The molecule has 0 aromatic heterocycles. The van der Waals surface area contributed by atoms with Crippen molar-refractivity contribution < 1.29 is 28.4 Å². The van der Waals surface area contributed by atoms with E-state index < -0.39 is 11.4 Å². The van der Waals surface area contributed by atoms with Crippen LogP contribution >= 0.6 is 0 Å². The topological polar surface area (TPSA) is 123 Å². The molecule has 0 unspecified atom stereocenters. The molecule has 0 atom stereocenters. The maximum Gasteiger partial charge on any atom is 0.299 e. The SMILES string of the molecule is O.O=CC=O.O=S(O)O.[Na]. The van der Waals surface area contributed by atoms with E-state index in [0.717, 1.165) is 0 Å². The summed E-state index contributed by atoms with van der Waals surface area (Å²) in [6.45, 7) is 0. The molecule has 0 aromatic rings. The first-order chi connectivity index (χ1) is 3.65. The van der Waals surface area contributed by atoms with Gasteiger partial charge >= 0.3 is 0 Å². The van der Waals surface area contributed by atoms with E-state index in [1.165, 1.54) is 0 Å². The van der Waals surface area contributed by atoms with E-state index >= 15 is 0 Å². The Labute approximate surface area is 81.7 Å². The Morgan fingerprint density at radius 3 is 1.20 bits per heavy atom. The maximum atomic E-state index is 8.81. The summed E-state index contributed by atoms with van der Waals surface area (Å²) in [7, 11) is 0. The average Bonchev–Trinajstić information content (AvgIpc) is 1.65. The smallest absolute Gasteiger partial charge is 0.299 e. The molecule has 0 spiro atoms. The van der Waals surface area contributed by atoms with Crippen LogP contribution in [0.1, 0.15) is 0 Å². The van der Waals surface area contributed by atoms with E-state index in [1.807, 2.05) is 0 Å². The van der Waals surface area contributed by atoms with Crippen LogP contribution in [0, 0.1) is 0 Å². The molecule has 0 bridgehead atoms. The molecular weight excluding hydrogens is 175 g/mol. The number of hydrogen-bond acceptors (Lipinski definition) is 3. The Bertz CT molecular complexity index is 83.7. The minimum Gasteiger partial charge on any atom is -0.412 e. The molecule has 57 valence electrons. The van der Waals surface area contributed by atoms with E-state index in [2.05, 4.69) is 0 Å². The molecule has 8 heteroatoms. The Hall–Kier alpha value is 0.370. The van der Waals surface area contributed by atoms with Gasteiger partial charge in [-0.15, -0.1) is 0 Å². The summed E-state index contributed by atoms with van der Waals surface area (Å²) in [6.07, 6.45) is 0.389. The van der Waals surface area contributed by atoms with Gasteiger partial charge in [-0.2, -0.15) is 4.21 Å². The van der Waals surface area contributed by atoms with Crippen molar-refractivity contribution in [3.63, 3.8) is 0 Å². The van der Waals surface area contributed by atoms with Crippen LogP contribution in [0.15, 0.2) is 0 Å². The van der Waals surface area contributed by atoms with Gasteiger partial charge in [0, 0.05) is 29.6 Å². The van der Waals surface area contributed by atoms with Crippen molar-refractivity contribution in [3.8, 4) is 0 Å². The van der Waals surface area contributed by atoms with Gasteiger partial charge in [-0.05, 0) is 0 Å². The molecule has 1 radical (unpaired) electrons. The van der Waals surface area contributed by atoms with Gasteiger partial charge in [0.2, 0.25) is 0 Å². The summed E-state index contributed by atoms with van der Waals surface area (Å²) in [4.78, 5) is 17.6. The summed E-state index contributed by atoms with van der Waals surface area (Å²) >= 11 is -2.61. The van der Waals surface area contributed by atoms with Crippen LogP contribution in [0.5, 0.6) is 0 Å². The fraction of sp³-hybridized carbons (Fsp3) is 0. The predicted octanol–water partition coefficient (Wildman–Crippen LogP) is -2.14. The molecule has 0 saturated carbocycles. The molecule has 0 rings (SSSR count). The second kappa shape index (κ2) is 22.8. The number of carbonyl (C=O) groups is 2. The van der Waals surface area contributed by atoms with Crippen LogP contribution in [-0.2, 0) is 21.0 Å². The Morgan fingerprint density at radius 1 is 1.10 bits per heavy atom. The van der Waals surface area contributed by atoms with Crippen LogP contribution in [0.25, 0.3) is 0 Å². The van der Waals surface area contributed by atoms with E-state index in [9.17, 15) is 0 Å². The van der Waals surface area contributed by atoms with Crippen LogP contribution in [-0.4, -0.2) is 60.9 Å². The minimum atomic E-state index is -2.61. The van der Waals surface area contributed by atoms with Gasteiger partial charge in [0.25, 0.3) is 11.4 Å². The van der Waals surface area contributed by atoms with Crippen LogP contribution in [0.4, 0.5) is 0 Å². The minimum absolute atomic E-state index is 0. The number of aldehydes is 2. The summed E-state index contributed by atoms with van der Waals surface area (Å²) in [5.41, 5.74) is 0. The molecule has 0 aromatic carbocycles. The largest absolute Gasteiger partial charge is 0.412 e. The van der Waals surface area contributed by atoms with Crippen LogP contribution < -0.4 is 0 Å². The first-order valence-corrected chi connectivity index (χ1v) is 2.40. The van der Waals surface area contributed by atoms with E-state index in [-0.39, 0.29) is 47.6 Å². The third-order valence-electron chi connectivity index (χ3n) is 0.0556. The summed E-state index contributed by atoms with van der Waals surface area (Å²) in [5, 5.41) is 0. The quantitative estimate of drug-likeness (QED) is 0.207. The Morgan fingerprint density at radius 2 is 1.20 bits per heavy atom. The third-order valence-corrected chi connectivity index (χ3v) is 0.0556. The van der Waals surface area contributed by atoms with E-state index in [0.29, 0.717) is 0 Å². The first kappa shape index (κ1) is 22.4. The molecule has 0 aliphatic carbocycles. The maximum absolute atomic E-state index is 8.81. The molecular formula is C2H6NaO6S. The van der Waals surface area contributed by atoms with Gasteiger partial charge in [-0.3, -0.25) is 18.7 Å². The van der Waals surface area contributed by atoms with Gasteiger partial charge < -0.3 is 5.48 Å². The van der Waals surface area contributed by atoms with Gasteiger partial charge in [0.05, 0.1) is 0 Å². The van der Waals surface area contributed by atoms with Crippen molar-refractivity contribution in [2.75, 3.05) is 0 Å². The van der Waals surface area contributed by atoms with Gasteiger partial charge in [-0.25, -0.2) is 0 Å². The van der Waals surface area contributed by atoms with Crippen molar-refractivity contribution in [1.82, 2.24) is 0 Å². The van der Waals surface area contributed by atoms with Crippen molar-refractivity contribution >= 4 is 53.5 Å². The van der Waals surface area contributed by atoms with Crippen molar-refractivity contribution in [3.05, 3.63) is 0 Å². The summed E-state index contributed by atoms with van der Waals surface area (Å²) < 4.78 is 22.8. The third kappa shape index (κ3) is 242. The number of hydrogen-bond donors (Lipinski definition) is 2. The van der Waals surface area contributed by atoms with E-state index in [4.69, 9.17) is 22.9 Å². The molecule has 0 aliphatic rings. The Kier molecular flexibility index (Phi) is 51.1. The molecule has 0 aliphatic heterocycles. The summed E-state index contributed by atoms with van der Waals surface area (Å²) in [6, 6.07) is 0. The second-order valence-corrected chi connectivity index (χ2v) is 0.964. The van der Waals surface area contributed by atoms with Crippen molar-refractivity contribution in [1.29, 1.82) is 0 Å². The van der Waals surface area contributed by atoms with Gasteiger partial charge in [0.15, 0.2) is 12.6 Å². The standard InChI is InChI=1S/C2H2O2.Na.H2O3S.H2O/c3-1-2-4;;1-4(2)3;/h1-2H;;(H2,1,2,3);1H2. The molecule has 0 saturated heterocycles. The van der Waals surface area contributed by atoms with E-state index in [1.54, 1.807) is 0 Å². The fourth-order valence-electron chi connectivity index (χ4n) is 0. The molecule has 0 fully saturated rings. The monoisotopic (exact) mass is 181 g/mol. The van der Waals surface area contributed by atoms with Crippen molar-refractivity contribution in [2.24, 2.45) is 0 Å². The summed E-state index contributed by atoms with van der Waals surface area (Å²) in [5.74, 6) is 0. The molecule has 6 nitrogen and oxygen atoms in total. The molecule has 10 heavy (non-hydrogen) atoms. The molecule has 0 amide bonds. The van der Waals surface area contributed by atoms with Crippen molar-refractivity contribution in [2.45, 2.75) is 0 Å². The number of carbonyl (C=O) groups excluding carboxylic acids is 2. The zero-order chi connectivity index (χ0) is 6.99. The molecule has 0 heterocycles. The van der Waals surface area contributed by atoms with Crippen LogP contribution in [0.3, 0.4) is 0 Å². The zero-order valence-corrected chi connectivity index (χ0v) is 8.00. The zero-order valence-electron chi connectivity index (χ0n) is 5.18. The van der Waals surface area contributed by atoms with Gasteiger partial charge in [-0.1, -0.05) is 0 Å².